The maximum Gasteiger partial charge on any atom is 0.0905 e. The number of aliphatic hydroxyl groups is 1. The summed E-state index contributed by atoms with van der Waals surface area (Å²) in [7, 11) is 4.00. The van der Waals surface area contributed by atoms with Gasteiger partial charge in [-0.05, 0) is 27.1 Å². The molecule has 28 heavy (non-hydrogen) atoms. The lowest BCUT2D eigenvalue weighted by atomic mass is 10.4. The Labute approximate surface area is 171 Å². The molecule has 0 bridgehead atoms. The number of aliphatic hydroxyl groups excluding tert-OH is 1. The lowest BCUT2D eigenvalue weighted by Crippen LogP contribution is -2.27. The van der Waals surface area contributed by atoms with Gasteiger partial charge in [-0.15, -0.1) is 0 Å². The molecule has 0 aliphatic heterocycles. The van der Waals surface area contributed by atoms with Gasteiger partial charge in [0.25, 0.3) is 0 Å². The zero-order chi connectivity index (χ0) is 21.9. The number of allylic oxidation sites excluding steroid dienone is 1. The highest BCUT2D eigenvalue weighted by Crippen LogP contribution is 1.87. The molecule has 8 heteroatoms. The first kappa shape index (κ1) is 30.7. The fraction of sp³-hybridized carbons (Fsp3) is 0.750. The minimum absolute atomic E-state index is 0.274. The van der Waals surface area contributed by atoms with Crippen LogP contribution in [0.5, 0.6) is 0 Å². The predicted octanol–water partition coefficient (Wildman–Crippen LogP) is 1.80. The highest BCUT2D eigenvalue weighted by atomic mass is 16.5. The Morgan fingerprint density at radius 2 is 1.29 bits per heavy atom. The van der Waals surface area contributed by atoms with Gasteiger partial charge in [0.05, 0.1) is 64.1 Å². The Balaban J connectivity index is -0.000000431. The van der Waals surface area contributed by atoms with Gasteiger partial charge in [0.1, 0.15) is 0 Å². The van der Waals surface area contributed by atoms with Crippen LogP contribution in [0.2, 0.25) is 0 Å². The van der Waals surface area contributed by atoms with Crippen LogP contribution in [0.3, 0.4) is 0 Å². The average Bonchev–Trinajstić information content (AvgIpc) is 2.69. The van der Waals surface area contributed by atoms with E-state index in [2.05, 4.69) is 23.3 Å². The molecule has 0 heterocycles. The molecular formula is C20H37N5O3. The fourth-order valence-electron chi connectivity index (χ4n) is 1.66. The molecule has 1 N–H and O–H groups in total. The van der Waals surface area contributed by atoms with Gasteiger partial charge in [-0.3, -0.25) is 0 Å². The van der Waals surface area contributed by atoms with Crippen LogP contribution in [0.4, 0.5) is 0 Å². The second kappa shape index (κ2) is 29.8. The molecule has 0 amide bonds. The van der Waals surface area contributed by atoms with Crippen molar-refractivity contribution in [2.45, 2.75) is 26.2 Å². The summed E-state index contributed by atoms with van der Waals surface area (Å²) in [6.45, 7) is 11.3. The zero-order valence-electron chi connectivity index (χ0n) is 17.8. The van der Waals surface area contributed by atoms with Gasteiger partial charge in [0.2, 0.25) is 0 Å². The second-order valence-electron chi connectivity index (χ2n) is 5.70. The molecule has 0 rings (SSSR count). The molecular weight excluding hydrogens is 358 g/mol. The standard InChI is InChI=1S/C11H19N3O2.C6H15NO.C3H3N/c1-14(6-10-15-8-2-4-12)7-11-16-9-3-5-13;1-3-4-7(2)5-6-8;1-2-3-4/h2-3,6-11H2,1H3;8H,3-6H2,1-2H3;2H,1H2. The summed E-state index contributed by atoms with van der Waals surface area (Å²) in [4.78, 5) is 4.21. The number of rotatable bonds is 14. The van der Waals surface area contributed by atoms with E-state index < -0.39 is 0 Å². The number of ether oxygens (including phenoxy) is 2. The van der Waals surface area contributed by atoms with Crippen LogP contribution in [-0.2, 0) is 9.47 Å². The molecule has 0 saturated carbocycles. The maximum absolute atomic E-state index is 8.42. The van der Waals surface area contributed by atoms with E-state index in [9.17, 15) is 0 Å². The molecule has 0 aromatic carbocycles. The monoisotopic (exact) mass is 395 g/mol. The van der Waals surface area contributed by atoms with E-state index in [0.717, 1.165) is 32.6 Å². The third kappa shape index (κ3) is 35.2. The van der Waals surface area contributed by atoms with Crippen molar-refractivity contribution < 1.29 is 14.6 Å². The first-order chi connectivity index (χ1) is 13.5. The molecule has 0 saturated heterocycles. The van der Waals surface area contributed by atoms with Crippen molar-refractivity contribution in [2.75, 3.05) is 73.3 Å². The minimum Gasteiger partial charge on any atom is -0.395 e. The van der Waals surface area contributed by atoms with E-state index in [1.807, 2.05) is 26.2 Å². The van der Waals surface area contributed by atoms with Crippen molar-refractivity contribution in [2.24, 2.45) is 0 Å². The number of hydrogen-bond donors (Lipinski definition) is 1. The average molecular weight is 396 g/mol. The molecule has 8 nitrogen and oxygen atoms in total. The van der Waals surface area contributed by atoms with Gasteiger partial charge in [-0.1, -0.05) is 13.5 Å². The van der Waals surface area contributed by atoms with E-state index in [1.165, 1.54) is 6.08 Å². The summed E-state index contributed by atoms with van der Waals surface area (Å²) in [6, 6.07) is 5.74. The van der Waals surface area contributed by atoms with Gasteiger partial charge in [0, 0.05) is 25.7 Å². The van der Waals surface area contributed by atoms with Crippen molar-refractivity contribution in [3.05, 3.63) is 12.7 Å². The van der Waals surface area contributed by atoms with Crippen molar-refractivity contribution >= 4 is 0 Å². The Kier molecular flexibility index (Phi) is 32.7. The molecule has 0 unspecified atom stereocenters. The highest BCUT2D eigenvalue weighted by molar-refractivity contribution is 4.93. The van der Waals surface area contributed by atoms with Crippen LogP contribution in [0.1, 0.15) is 26.2 Å². The molecule has 0 aromatic rings. The lowest BCUT2D eigenvalue weighted by Gasteiger charge is -2.16. The third-order valence-corrected chi connectivity index (χ3v) is 3.13. The topological polar surface area (TPSA) is 117 Å². The van der Waals surface area contributed by atoms with Gasteiger partial charge in [-0.2, -0.15) is 15.8 Å². The van der Waals surface area contributed by atoms with Crippen LogP contribution in [-0.4, -0.2) is 88.2 Å². The molecule has 0 fully saturated rings. The molecule has 0 spiro atoms. The summed E-state index contributed by atoms with van der Waals surface area (Å²) in [5.41, 5.74) is 0. The number of likely N-dealkylation sites (N-methyl/N-ethyl adjacent to an activating group) is 2. The lowest BCUT2D eigenvalue weighted by molar-refractivity contribution is 0.0880. The van der Waals surface area contributed by atoms with Gasteiger partial charge in [-0.25, -0.2) is 0 Å². The summed E-state index contributed by atoms with van der Waals surface area (Å²) in [5.74, 6) is 0. The van der Waals surface area contributed by atoms with Crippen LogP contribution in [0, 0.1) is 34.0 Å². The third-order valence-electron chi connectivity index (χ3n) is 3.13. The Hall–Kier alpha value is -1.99. The summed E-state index contributed by atoms with van der Waals surface area (Å²) < 4.78 is 10.5. The Morgan fingerprint density at radius 1 is 0.857 bits per heavy atom. The minimum atomic E-state index is 0.274. The molecule has 0 atom stereocenters. The quantitative estimate of drug-likeness (QED) is 0.349. The number of hydrogen-bond acceptors (Lipinski definition) is 8. The van der Waals surface area contributed by atoms with Crippen LogP contribution in [0.15, 0.2) is 12.7 Å². The SMILES string of the molecule is C=CC#N.CCCN(C)CCO.CN(CCOCCC#N)CCOCCC#N. The molecule has 160 valence electrons. The predicted molar refractivity (Wildman–Crippen MR) is 110 cm³/mol. The van der Waals surface area contributed by atoms with Crippen LogP contribution in [0.25, 0.3) is 0 Å². The largest absolute Gasteiger partial charge is 0.395 e. The van der Waals surface area contributed by atoms with Crippen LogP contribution >= 0.6 is 0 Å². The molecule has 0 aliphatic carbocycles. The first-order valence-corrected chi connectivity index (χ1v) is 9.41. The summed E-state index contributed by atoms with van der Waals surface area (Å²) >= 11 is 0. The van der Waals surface area contributed by atoms with Gasteiger partial charge >= 0.3 is 0 Å². The smallest absolute Gasteiger partial charge is 0.0905 e. The van der Waals surface area contributed by atoms with Crippen molar-refractivity contribution in [3.8, 4) is 18.2 Å². The highest BCUT2D eigenvalue weighted by Gasteiger charge is 1.98. The normalized spacial score (nSPS) is 9.25. The molecule has 0 aliphatic rings. The molecule has 0 radical (unpaired) electrons. The van der Waals surface area contributed by atoms with Crippen molar-refractivity contribution in [1.29, 1.82) is 15.8 Å². The second-order valence-corrected chi connectivity index (χ2v) is 5.70. The first-order valence-electron chi connectivity index (χ1n) is 9.41. The number of nitriles is 3. The van der Waals surface area contributed by atoms with Gasteiger partial charge < -0.3 is 24.4 Å². The van der Waals surface area contributed by atoms with Crippen molar-refractivity contribution in [1.82, 2.24) is 9.80 Å². The van der Waals surface area contributed by atoms with E-state index in [-0.39, 0.29) is 6.61 Å². The summed E-state index contributed by atoms with van der Waals surface area (Å²) in [6.07, 6.45) is 3.23. The number of nitrogens with zero attached hydrogens (tertiary/aromatic N) is 5. The van der Waals surface area contributed by atoms with E-state index >= 15 is 0 Å². The molecule has 0 aromatic heterocycles. The fourth-order valence-corrected chi connectivity index (χ4v) is 1.66. The Morgan fingerprint density at radius 3 is 1.61 bits per heavy atom. The zero-order valence-corrected chi connectivity index (χ0v) is 17.8. The Bertz CT molecular complexity index is 411. The maximum atomic E-state index is 8.42. The van der Waals surface area contributed by atoms with E-state index in [1.54, 1.807) is 6.07 Å². The van der Waals surface area contributed by atoms with E-state index in [0.29, 0.717) is 39.3 Å². The summed E-state index contributed by atoms with van der Waals surface area (Å²) in [5, 5.41) is 32.5. The van der Waals surface area contributed by atoms with Gasteiger partial charge in [0.15, 0.2) is 0 Å². The van der Waals surface area contributed by atoms with Crippen molar-refractivity contribution in [3.63, 3.8) is 0 Å². The van der Waals surface area contributed by atoms with Crippen LogP contribution < -0.4 is 0 Å². The van der Waals surface area contributed by atoms with E-state index in [4.69, 9.17) is 30.4 Å².